The molecular formula is C19H25N5O. The molecule has 0 spiro atoms. The van der Waals surface area contributed by atoms with E-state index in [2.05, 4.69) is 39.4 Å². The van der Waals surface area contributed by atoms with Crippen LogP contribution in [0.1, 0.15) is 24.0 Å². The number of carbonyl (C=O) groups is 1. The molecule has 1 aromatic carbocycles. The highest BCUT2D eigenvalue weighted by Crippen LogP contribution is 2.25. The van der Waals surface area contributed by atoms with Gasteiger partial charge in [0, 0.05) is 45.2 Å². The highest BCUT2D eigenvalue weighted by Gasteiger charge is 2.28. The smallest absolute Gasteiger partial charge is 0.224 e. The zero-order valence-corrected chi connectivity index (χ0v) is 14.5. The van der Waals surface area contributed by atoms with Crippen molar-refractivity contribution in [2.45, 2.75) is 38.3 Å². The van der Waals surface area contributed by atoms with Crippen LogP contribution in [0, 0.1) is 0 Å². The molecule has 1 atom stereocenters. The molecule has 2 heterocycles. The fourth-order valence-corrected chi connectivity index (χ4v) is 4.05. The largest absolute Gasteiger partial charge is 0.340 e. The average molecular weight is 339 g/mol. The summed E-state index contributed by atoms with van der Waals surface area (Å²) in [6.07, 6.45) is 7.41. The number of piperazine rings is 1. The highest BCUT2D eigenvalue weighted by molar-refractivity contribution is 5.76. The van der Waals surface area contributed by atoms with Gasteiger partial charge in [0.05, 0.1) is 0 Å². The minimum atomic E-state index is 0.238. The Balaban J connectivity index is 1.26. The molecule has 4 rings (SSSR count). The predicted octanol–water partition coefficient (Wildman–Crippen LogP) is 1.37. The Bertz CT molecular complexity index is 706. The zero-order valence-electron chi connectivity index (χ0n) is 14.5. The normalized spacial score (nSPS) is 21.1. The van der Waals surface area contributed by atoms with Gasteiger partial charge >= 0.3 is 0 Å². The van der Waals surface area contributed by atoms with Gasteiger partial charge in [0.1, 0.15) is 12.7 Å². The third-order valence-corrected chi connectivity index (χ3v) is 5.55. The molecule has 0 bridgehead atoms. The number of hydrogen-bond acceptors (Lipinski definition) is 4. The van der Waals surface area contributed by atoms with Crippen LogP contribution in [0.4, 0.5) is 0 Å². The van der Waals surface area contributed by atoms with Crippen molar-refractivity contribution in [2.24, 2.45) is 0 Å². The highest BCUT2D eigenvalue weighted by atomic mass is 16.2. The Morgan fingerprint density at radius 3 is 2.52 bits per heavy atom. The third-order valence-electron chi connectivity index (χ3n) is 5.55. The summed E-state index contributed by atoms with van der Waals surface area (Å²) in [4.78, 5) is 17.0. The zero-order chi connectivity index (χ0) is 17.1. The maximum Gasteiger partial charge on any atom is 0.224 e. The molecule has 0 saturated carbocycles. The lowest BCUT2D eigenvalue weighted by molar-refractivity contribution is -0.133. The van der Waals surface area contributed by atoms with Crippen molar-refractivity contribution in [3.63, 3.8) is 0 Å². The van der Waals surface area contributed by atoms with Crippen LogP contribution in [0.25, 0.3) is 0 Å². The Morgan fingerprint density at radius 1 is 1.04 bits per heavy atom. The molecule has 0 unspecified atom stereocenters. The average Bonchev–Trinajstić information content (AvgIpc) is 3.19. The van der Waals surface area contributed by atoms with Crippen LogP contribution in [-0.4, -0.2) is 62.7 Å². The Labute approximate surface area is 148 Å². The quantitative estimate of drug-likeness (QED) is 0.844. The molecular weight excluding hydrogens is 314 g/mol. The summed E-state index contributed by atoms with van der Waals surface area (Å²) < 4.78 is 1.85. The Morgan fingerprint density at radius 2 is 1.76 bits per heavy atom. The van der Waals surface area contributed by atoms with Crippen molar-refractivity contribution in [3.8, 4) is 0 Å². The Hall–Kier alpha value is -2.21. The molecule has 1 amide bonds. The minimum absolute atomic E-state index is 0.238. The first kappa shape index (κ1) is 16.3. The Kier molecular flexibility index (Phi) is 4.78. The SMILES string of the molecule is O=C(CCn1cnnc1)N1CCN([C@@H]2CCc3ccccc3C2)CC1. The monoisotopic (exact) mass is 339 g/mol. The van der Waals surface area contributed by atoms with Gasteiger partial charge < -0.3 is 9.47 Å². The first-order valence-corrected chi connectivity index (χ1v) is 9.20. The van der Waals surface area contributed by atoms with Gasteiger partial charge in [0.25, 0.3) is 0 Å². The molecule has 6 nitrogen and oxygen atoms in total. The van der Waals surface area contributed by atoms with E-state index in [1.165, 1.54) is 24.0 Å². The number of rotatable bonds is 4. The molecule has 25 heavy (non-hydrogen) atoms. The molecule has 132 valence electrons. The van der Waals surface area contributed by atoms with E-state index in [9.17, 15) is 4.79 Å². The van der Waals surface area contributed by atoms with Gasteiger partial charge in [-0.25, -0.2) is 0 Å². The van der Waals surface area contributed by atoms with E-state index < -0.39 is 0 Å². The number of carbonyl (C=O) groups excluding carboxylic acids is 1. The van der Waals surface area contributed by atoms with Crippen molar-refractivity contribution in [1.29, 1.82) is 0 Å². The third kappa shape index (κ3) is 3.74. The summed E-state index contributed by atoms with van der Waals surface area (Å²) in [7, 11) is 0. The van der Waals surface area contributed by atoms with Crippen molar-refractivity contribution in [1.82, 2.24) is 24.6 Å². The second-order valence-corrected chi connectivity index (χ2v) is 7.03. The standard InChI is InChI=1S/C19H25N5O/c25-19(7-8-22-14-20-21-15-22)24-11-9-23(10-12-24)18-6-5-16-3-1-2-4-17(16)13-18/h1-4,14-15,18H,5-13H2/t18-/m1/s1. The van der Waals surface area contributed by atoms with E-state index in [1.807, 2.05) is 9.47 Å². The van der Waals surface area contributed by atoms with Gasteiger partial charge in [-0.3, -0.25) is 9.69 Å². The lowest BCUT2D eigenvalue weighted by atomic mass is 9.87. The molecule has 1 aromatic heterocycles. The van der Waals surface area contributed by atoms with Crippen LogP contribution >= 0.6 is 0 Å². The summed E-state index contributed by atoms with van der Waals surface area (Å²) in [6.45, 7) is 4.33. The number of hydrogen-bond donors (Lipinski definition) is 0. The number of nitrogens with zero attached hydrogens (tertiary/aromatic N) is 5. The molecule has 0 N–H and O–H groups in total. The lowest BCUT2D eigenvalue weighted by Gasteiger charge is -2.41. The molecule has 2 aromatic rings. The van der Waals surface area contributed by atoms with Gasteiger partial charge in [0.2, 0.25) is 5.91 Å². The minimum Gasteiger partial charge on any atom is -0.340 e. The van der Waals surface area contributed by atoms with Gasteiger partial charge in [-0.05, 0) is 30.4 Å². The lowest BCUT2D eigenvalue weighted by Crippen LogP contribution is -2.53. The number of benzene rings is 1. The number of amides is 1. The van der Waals surface area contributed by atoms with Crippen LogP contribution in [0.3, 0.4) is 0 Å². The van der Waals surface area contributed by atoms with Gasteiger partial charge in [-0.15, -0.1) is 10.2 Å². The first-order valence-electron chi connectivity index (χ1n) is 9.20. The number of aryl methyl sites for hydroxylation is 2. The van der Waals surface area contributed by atoms with E-state index in [4.69, 9.17) is 0 Å². The van der Waals surface area contributed by atoms with Crippen molar-refractivity contribution in [2.75, 3.05) is 26.2 Å². The van der Waals surface area contributed by atoms with E-state index >= 15 is 0 Å². The molecule has 1 saturated heterocycles. The van der Waals surface area contributed by atoms with E-state index in [0.29, 0.717) is 19.0 Å². The summed E-state index contributed by atoms with van der Waals surface area (Å²) in [6, 6.07) is 9.45. The summed E-state index contributed by atoms with van der Waals surface area (Å²) in [5.41, 5.74) is 3.02. The topological polar surface area (TPSA) is 54.3 Å². The van der Waals surface area contributed by atoms with E-state index in [0.717, 1.165) is 32.6 Å². The molecule has 1 aliphatic heterocycles. The van der Waals surface area contributed by atoms with Gasteiger partial charge in [-0.2, -0.15) is 0 Å². The second kappa shape index (κ2) is 7.35. The van der Waals surface area contributed by atoms with Crippen molar-refractivity contribution in [3.05, 3.63) is 48.0 Å². The second-order valence-electron chi connectivity index (χ2n) is 7.03. The van der Waals surface area contributed by atoms with Gasteiger partial charge in [-0.1, -0.05) is 24.3 Å². The number of aromatic nitrogens is 3. The van der Waals surface area contributed by atoms with Crippen LogP contribution in [0.2, 0.25) is 0 Å². The first-order chi connectivity index (χ1) is 12.3. The maximum absolute atomic E-state index is 12.4. The molecule has 6 heteroatoms. The molecule has 1 fully saturated rings. The molecule has 0 radical (unpaired) electrons. The van der Waals surface area contributed by atoms with Crippen molar-refractivity contribution >= 4 is 5.91 Å². The van der Waals surface area contributed by atoms with E-state index in [1.54, 1.807) is 12.7 Å². The molecule has 2 aliphatic rings. The van der Waals surface area contributed by atoms with Crippen molar-refractivity contribution < 1.29 is 4.79 Å². The fraction of sp³-hybridized carbons (Fsp3) is 0.526. The van der Waals surface area contributed by atoms with Crippen LogP contribution in [-0.2, 0) is 24.2 Å². The maximum atomic E-state index is 12.4. The summed E-state index contributed by atoms with van der Waals surface area (Å²) in [5, 5.41) is 7.54. The van der Waals surface area contributed by atoms with Crippen LogP contribution in [0.5, 0.6) is 0 Å². The summed E-state index contributed by atoms with van der Waals surface area (Å²) >= 11 is 0. The number of fused-ring (bicyclic) bond motifs is 1. The predicted molar refractivity (Wildman–Crippen MR) is 95.0 cm³/mol. The van der Waals surface area contributed by atoms with Gasteiger partial charge in [0.15, 0.2) is 0 Å². The van der Waals surface area contributed by atoms with Crippen LogP contribution < -0.4 is 0 Å². The summed E-state index contributed by atoms with van der Waals surface area (Å²) in [5.74, 6) is 0.238. The van der Waals surface area contributed by atoms with Crippen LogP contribution in [0.15, 0.2) is 36.9 Å². The van der Waals surface area contributed by atoms with E-state index in [-0.39, 0.29) is 5.91 Å². The molecule has 1 aliphatic carbocycles. The fourth-order valence-electron chi connectivity index (χ4n) is 4.05.